The van der Waals surface area contributed by atoms with Crippen LogP contribution >= 0.6 is 11.3 Å². The SMILES string of the molecule is CC(C[NH+]1CC[NH+](Cc2ccccc2)CC1)OC(=O)c1cccs1. The topological polar surface area (TPSA) is 35.2 Å². The molecule has 5 heteroatoms. The van der Waals surface area contributed by atoms with Crippen molar-refractivity contribution in [2.45, 2.75) is 19.6 Å². The summed E-state index contributed by atoms with van der Waals surface area (Å²) in [4.78, 5) is 15.9. The van der Waals surface area contributed by atoms with E-state index in [2.05, 4.69) is 30.3 Å². The molecule has 2 aromatic rings. The molecule has 0 bridgehead atoms. The highest BCUT2D eigenvalue weighted by molar-refractivity contribution is 7.11. The summed E-state index contributed by atoms with van der Waals surface area (Å²) in [5.74, 6) is -0.190. The van der Waals surface area contributed by atoms with Gasteiger partial charge >= 0.3 is 5.97 Å². The lowest BCUT2D eigenvalue weighted by Crippen LogP contribution is -3.28. The molecule has 1 aromatic heterocycles. The summed E-state index contributed by atoms with van der Waals surface area (Å²) in [6, 6.07) is 14.4. The number of esters is 1. The minimum absolute atomic E-state index is 0.0368. The number of rotatable bonds is 6. The third-order valence-electron chi connectivity index (χ3n) is 4.57. The summed E-state index contributed by atoms with van der Waals surface area (Å²) in [5, 5.41) is 1.90. The molecule has 1 aromatic carbocycles. The first-order valence-corrected chi connectivity index (χ1v) is 9.54. The average molecular weight is 346 g/mol. The Labute approximate surface area is 147 Å². The van der Waals surface area contributed by atoms with Crippen molar-refractivity contribution in [3.05, 3.63) is 58.3 Å². The summed E-state index contributed by atoms with van der Waals surface area (Å²) in [6.07, 6.45) is -0.0368. The van der Waals surface area contributed by atoms with Gasteiger partial charge < -0.3 is 14.5 Å². The van der Waals surface area contributed by atoms with E-state index < -0.39 is 0 Å². The Kier molecular flexibility index (Phi) is 6.01. The number of hydrogen-bond donors (Lipinski definition) is 2. The van der Waals surface area contributed by atoms with Gasteiger partial charge in [-0.1, -0.05) is 36.4 Å². The molecular weight excluding hydrogens is 320 g/mol. The van der Waals surface area contributed by atoms with Gasteiger partial charge in [0.15, 0.2) is 0 Å². The molecule has 0 aliphatic carbocycles. The van der Waals surface area contributed by atoms with Crippen molar-refractivity contribution < 1.29 is 19.3 Å². The van der Waals surface area contributed by atoms with E-state index in [-0.39, 0.29) is 12.1 Å². The van der Waals surface area contributed by atoms with Crippen molar-refractivity contribution in [2.24, 2.45) is 0 Å². The van der Waals surface area contributed by atoms with E-state index in [0.29, 0.717) is 4.88 Å². The van der Waals surface area contributed by atoms with Crippen LogP contribution in [0.4, 0.5) is 0 Å². The van der Waals surface area contributed by atoms with Crippen molar-refractivity contribution >= 4 is 17.3 Å². The number of piperazine rings is 1. The maximum atomic E-state index is 12.0. The zero-order valence-electron chi connectivity index (χ0n) is 14.2. The van der Waals surface area contributed by atoms with Crippen LogP contribution in [0.3, 0.4) is 0 Å². The molecule has 24 heavy (non-hydrogen) atoms. The molecule has 0 saturated carbocycles. The zero-order chi connectivity index (χ0) is 16.8. The standard InChI is InChI=1S/C19H24N2O2S/c1-16(23-19(22)18-8-5-13-24-18)14-20-9-11-21(12-10-20)15-17-6-3-2-4-7-17/h2-8,13,16H,9-12,14-15H2,1H3/p+2. The molecule has 3 rings (SSSR count). The van der Waals surface area contributed by atoms with Crippen LogP contribution in [0.5, 0.6) is 0 Å². The summed E-state index contributed by atoms with van der Waals surface area (Å²) in [5.41, 5.74) is 1.41. The lowest BCUT2D eigenvalue weighted by atomic mass is 10.2. The highest BCUT2D eigenvalue weighted by Crippen LogP contribution is 2.10. The molecule has 1 saturated heterocycles. The Morgan fingerprint density at radius 1 is 1.08 bits per heavy atom. The van der Waals surface area contributed by atoms with Gasteiger partial charge in [-0.2, -0.15) is 0 Å². The van der Waals surface area contributed by atoms with Crippen molar-refractivity contribution in [1.29, 1.82) is 0 Å². The lowest BCUT2D eigenvalue weighted by Gasteiger charge is -2.31. The average Bonchev–Trinajstić information content (AvgIpc) is 3.12. The second-order valence-electron chi connectivity index (χ2n) is 6.56. The number of benzene rings is 1. The fourth-order valence-corrected chi connectivity index (χ4v) is 3.91. The van der Waals surface area contributed by atoms with Gasteiger partial charge in [0.2, 0.25) is 0 Å². The molecule has 2 N–H and O–H groups in total. The van der Waals surface area contributed by atoms with Crippen LogP contribution in [0.25, 0.3) is 0 Å². The Morgan fingerprint density at radius 3 is 2.46 bits per heavy atom. The Morgan fingerprint density at radius 2 is 1.79 bits per heavy atom. The molecule has 4 nitrogen and oxygen atoms in total. The molecule has 128 valence electrons. The van der Waals surface area contributed by atoms with Gasteiger partial charge in [0.1, 0.15) is 50.2 Å². The van der Waals surface area contributed by atoms with Gasteiger partial charge in [-0.15, -0.1) is 11.3 Å². The van der Waals surface area contributed by atoms with Crippen molar-refractivity contribution in [3.63, 3.8) is 0 Å². The fourth-order valence-electron chi connectivity index (χ4n) is 3.31. The number of nitrogens with one attached hydrogen (secondary N) is 2. The highest BCUT2D eigenvalue weighted by Gasteiger charge is 2.25. The van der Waals surface area contributed by atoms with Crippen LogP contribution in [0.1, 0.15) is 22.2 Å². The monoisotopic (exact) mass is 346 g/mol. The number of carbonyl (C=O) groups excluding carboxylic acids is 1. The summed E-state index contributed by atoms with van der Waals surface area (Å²) in [6.45, 7) is 8.65. The van der Waals surface area contributed by atoms with Gasteiger partial charge in [-0.05, 0) is 18.4 Å². The van der Waals surface area contributed by atoms with E-state index in [9.17, 15) is 4.79 Å². The van der Waals surface area contributed by atoms with Gasteiger partial charge in [0.25, 0.3) is 0 Å². The van der Waals surface area contributed by atoms with E-state index in [4.69, 9.17) is 4.74 Å². The minimum Gasteiger partial charge on any atom is -0.452 e. The lowest BCUT2D eigenvalue weighted by molar-refractivity contribution is -1.02. The number of thiophene rings is 1. The molecular formula is C19H26N2O2S+2. The molecule has 1 aliphatic heterocycles. The Balaban J connectivity index is 1.39. The van der Waals surface area contributed by atoms with Crippen LogP contribution in [0.15, 0.2) is 47.8 Å². The third-order valence-corrected chi connectivity index (χ3v) is 5.42. The quantitative estimate of drug-likeness (QED) is 0.737. The van der Waals surface area contributed by atoms with E-state index in [1.807, 2.05) is 24.4 Å². The van der Waals surface area contributed by atoms with Crippen LogP contribution in [-0.2, 0) is 11.3 Å². The second kappa shape index (κ2) is 8.42. The molecule has 0 amide bonds. The maximum Gasteiger partial charge on any atom is 0.348 e. The summed E-state index contributed by atoms with van der Waals surface area (Å²) in [7, 11) is 0. The van der Waals surface area contributed by atoms with Crippen molar-refractivity contribution in [3.8, 4) is 0 Å². The predicted octanol–water partition coefficient (Wildman–Crippen LogP) is 0.277. The molecule has 2 heterocycles. The molecule has 1 fully saturated rings. The van der Waals surface area contributed by atoms with Crippen LogP contribution in [0.2, 0.25) is 0 Å². The number of carbonyl (C=O) groups is 1. The van der Waals surface area contributed by atoms with Gasteiger partial charge in [0.05, 0.1) is 0 Å². The molecule has 1 unspecified atom stereocenters. The summed E-state index contributed by atoms with van der Waals surface area (Å²) >= 11 is 1.44. The fraction of sp³-hybridized carbons (Fsp3) is 0.421. The Hall–Kier alpha value is -1.69. The van der Waals surface area contributed by atoms with Gasteiger partial charge in [-0.25, -0.2) is 4.79 Å². The first kappa shape index (κ1) is 17.1. The first-order chi connectivity index (χ1) is 11.7. The van der Waals surface area contributed by atoms with Crippen molar-refractivity contribution in [1.82, 2.24) is 0 Å². The highest BCUT2D eigenvalue weighted by atomic mass is 32.1. The number of ether oxygens (including phenoxy) is 1. The van der Waals surface area contributed by atoms with Crippen LogP contribution < -0.4 is 9.80 Å². The molecule has 0 spiro atoms. The third kappa shape index (κ3) is 4.90. The zero-order valence-corrected chi connectivity index (χ0v) is 15.0. The van der Waals surface area contributed by atoms with Gasteiger partial charge in [-0.3, -0.25) is 0 Å². The molecule has 1 aliphatic rings. The summed E-state index contributed by atoms with van der Waals surface area (Å²) < 4.78 is 5.56. The van der Waals surface area contributed by atoms with E-state index in [1.165, 1.54) is 30.0 Å². The number of quaternary nitrogens is 2. The smallest absolute Gasteiger partial charge is 0.348 e. The van der Waals surface area contributed by atoms with Crippen LogP contribution in [-0.4, -0.2) is 44.8 Å². The van der Waals surface area contributed by atoms with E-state index in [0.717, 1.165) is 26.2 Å². The Bertz CT molecular complexity index is 622. The minimum atomic E-state index is -0.190. The predicted molar refractivity (Wildman–Crippen MR) is 95.6 cm³/mol. The first-order valence-electron chi connectivity index (χ1n) is 8.66. The number of hydrogen-bond acceptors (Lipinski definition) is 3. The largest absolute Gasteiger partial charge is 0.452 e. The van der Waals surface area contributed by atoms with Gasteiger partial charge in [0, 0.05) is 5.56 Å². The normalized spacial score (nSPS) is 22.0. The second-order valence-corrected chi connectivity index (χ2v) is 7.51. The molecule has 0 radical (unpaired) electrons. The van der Waals surface area contributed by atoms with E-state index >= 15 is 0 Å². The van der Waals surface area contributed by atoms with E-state index in [1.54, 1.807) is 9.80 Å². The maximum absolute atomic E-state index is 12.0. The molecule has 1 atom stereocenters. The van der Waals surface area contributed by atoms with Crippen LogP contribution in [0, 0.1) is 0 Å². The van der Waals surface area contributed by atoms with Crippen molar-refractivity contribution in [2.75, 3.05) is 32.7 Å².